The van der Waals surface area contributed by atoms with Crippen LogP contribution in [0.25, 0.3) is 6.08 Å². The van der Waals surface area contributed by atoms with E-state index in [0.29, 0.717) is 13.2 Å². The first-order valence-electron chi connectivity index (χ1n) is 4.93. The molecule has 1 aromatic carbocycles. The first-order valence-corrected chi connectivity index (χ1v) is 5.72. The lowest BCUT2D eigenvalue weighted by Crippen LogP contribution is -2.24. The Hall–Kier alpha value is -1.13. The average Bonchev–Trinajstić information content (AvgIpc) is 2.27. The van der Waals surface area contributed by atoms with Crippen molar-refractivity contribution >= 4 is 27.9 Å². The predicted molar refractivity (Wildman–Crippen MR) is 68.1 cm³/mol. The normalized spacial score (nSPS) is 10.6. The van der Waals surface area contributed by atoms with E-state index in [2.05, 4.69) is 21.2 Å². The second kappa shape index (κ2) is 7.19. The number of hydrogen-bond donors (Lipinski definition) is 1. The molecule has 0 atom stereocenters. The number of rotatable bonds is 5. The fourth-order valence-electron chi connectivity index (χ4n) is 1.12. The van der Waals surface area contributed by atoms with Gasteiger partial charge in [0, 0.05) is 24.2 Å². The Morgan fingerprint density at radius 3 is 3.06 bits per heavy atom. The predicted octanol–water partition coefficient (Wildman–Crippen LogP) is 2.22. The smallest absolute Gasteiger partial charge is 0.244 e. The molecule has 0 fully saturated rings. The number of nitrogens with one attached hydrogen (secondary N) is 1. The molecule has 1 N–H and O–H groups in total. The largest absolute Gasteiger partial charge is 0.383 e. The molecule has 0 aromatic heterocycles. The van der Waals surface area contributed by atoms with Crippen molar-refractivity contribution in [2.45, 2.75) is 0 Å². The van der Waals surface area contributed by atoms with Crippen molar-refractivity contribution in [3.8, 4) is 0 Å². The van der Waals surface area contributed by atoms with Gasteiger partial charge in [0.2, 0.25) is 5.91 Å². The molecule has 0 bridgehead atoms. The van der Waals surface area contributed by atoms with Crippen LogP contribution in [0.5, 0.6) is 0 Å². The summed E-state index contributed by atoms with van der Waals surface area (Å²) in [7, 11) is 1.60. The van der Waals surface area contributed by atoms with Gasteiger partial charge in [0.1, 0.15) is 0 Å². The van der Waals surface area contributed by atoms with E-state index in [1.807, 2.05) is 24.3 Å². The van der Waals surface area contributed by atoms with Gasteiger partial charge in [-0.15, -0.1) is 0 Å². The number of ether oxygens (including phenoxy) is 1. The van der Waals surface area contributed by atoms with Gasteiger partial charge in [-0.05, 0) is 23.8 Å². The first kappa shape index (κ1) is 12.9. The molecule has 0 radical (unpaired) electrons. The van der Waals surface area contributed by atoms with E-state index in [1.54, 1.807) is 13.2 Å². The van der Waals surface area contributed by atoms with Crippen LogP contribution in [-0.4, -0.2) is 26.2 Å². The molecule has 0 saturated carbocycles. The van der Waals surface area contributed by atoms with E-state index in [9.17, 15) is 4.79 Å². The zero-order valence-electron chi connectivity index (χ0n) is 9.07. The standard InChI is InChI=1S/C12H14BrNO2/c1-16-8-7-14-12(15)6-5-10-3-2-4-11(13)9-10/h2-6,9H,7-8H2,1H3,(H,14,15)/b6-5+. The lowest BCUT2D eigenvalue weighted by atomic mass is 10.2. The third kappa shape index (κ3) is 5.09. The molecule has 0 unspecified atom stereocenters. The Bertz CT molecular complexity index is 377. The molecule has 1 rings (SSSR count). The van der Waals surface area contributed by atoms with Gasteiger partial charge in [-0.3, -0.25) is 4.79 Å². The number of carbonyl (C=O) groups is 1. The van der Waals surface area contributed by atoms with Gasteiger partial charge in [0.25, 0.3) is 0 Å². The van der Waals surface area contributed by atoms with Gasteiger partial charge in [-0.1, -0.05) is 28.1 Å². The van der Waals surface area contributed by atoms with Crippen LogP contribution in [0.2, 0.25) is 0 Å². The van der Waals surface area contributed by atoms with Crippen molar-refractivity contribution in [3.05, 3.63) is 40.4 Å². The Kier molecular flexibility index (Phi) is 5.82. The second-order valence-electron chi connectivity index (χ2n) is 3.17. The number of carbonyl (C=O) groups excluding carboxylic acids is 1. The lowest BCUT2D eigenvalue weighted by Gasteiger charge is -2.00. The molecule has 1 amide bonds. The fourth-order valence-corrected chi connectivity index (χ4v) is 1.53. The Morgan fingerprint density at radius 1 is 1.56 bits per heavy atom. The number of methoxy groups -OCH3 is 1. The van der Waals surface area contributed by atoms with Crippen LogP contribution < -0.4 is 5.32 Å². The van der Waals surface area contributed by atoms with Crippen LogP contribution in [0.3, 0.4) is 0 Å². The minimum Gasteiger partial charge on any atom is -0.383 e. The molecule has 0 aliphatic heterocycles. The summed E-state index contributed by atoms with van der Waals surface area (Å²) >= 11 is 3.37. The molecule has 0 saturated heterocycles. The quantitative estimate of drug-likeness (QED) is 0.665. The third-order valence-electron chi connectivity index (χ3n) is 1.88. The summed E-state index contributed by atoms with van der Waals surface area (Å²) in [6, 6.07) is 7.74. The Balaban J connectivity index is 2.44. The maximum absolute atomic E-state index is 11.3. The molecular weight excluding hydrogens is 270 g/mol. The Labute approximate surface area is 104 Å². The summed E-state index contributed by atoms with van der Waals surface area (Å²) in [5, 5.41) is 2.71. The number of halogens is 1. The summed E-state index contributed by atoms with van der Waals surface area (Å²) in [6.07, 6.45) is 3.28. The minimum absolute atomic E-state index is 0.114. The van der Waals surface area contributed by atoms with Crippen LogP contribution in [-0.2, 0) is 9.53 Å². The van der Waals surface area contributed by atoms with Crippen LogP contribution in [0.15, 0.2) is 34.8 Å². The van der Waals surface area contributed by atoms with Gasteiger partial charge in [0.05, 0.1) is 6.61 Å². The topological polar surface area (TPSA) is 38.3 Å². The van der Waals surface area contributed by atoms with E-state index in [4.69, 9.17) is 4.74 Å². The van der Waals surface area contributed by atoms with E-state index >= 15 is 0 Å². The molecule has 86 valence electrons. The van der Waals surface area contributed by atoms with Gasteiger partial charge in [0.15, 0.2) is 0 Å². The minimum atomic E-state index is -0.114. The summed E-state index contributed by atoms with van der Waals surface area (Å²) < 4.78 is 5.82. The van der Waals surface area contributed by atoms with E-state index in [-0.39, 0.29) is 5.91 Å². The molecular formula is C12H14BrNO2. The third-order valence-corrected chi connectivity index (χ3v) is 2.37. The highest BCUT2D eigenvalue weighted by atomic mass is 79.9. The van der Waals surface area contributed by atoms with E-state index < -0.39 is 0 Å². The average molecular weight is 284 g/mol. The lowest BCUT2D eigenvalue weighted by molar-refractivity contribution is -0.116. The van der Waals surface area contributed by atoms with E-state index in [1.165, 1.54) is 6.08 Å². The van der Waals surface area contributed by atoms with Crippen LogP contribution in [0.4, 0.5) is 0 Å². The van der Waals surface area contributed by atoms with Gasteiger partial charge in [-0.2, -0.15) is 0 Å². The maximum Gasteiger partial charge on any atom is 0.244 e. The molecule has 3 nitrogen and oxygen atoms in total. The van der Waals surface area contributed by atoms with Crippen LogP contribution in [0, 0.1) is 0 Å². The van der Waals surface area contributed by atoms with Gasteiger partial charge in [-0.25, -0.2) is 0 Å². The molecule has 0 aliphatic carbocycles. The highest BCUT2D eigenvalue weighted by molar-refractivity contribution is 9.10. The summed E-state index contributed by atoms with van der Waals surface area (Å²) in [5.41, 5.74) is 0.983. The second-order valence-corrected chi connectivity index (χ2v) is 4.09. The molecule has 1 aromatic rings. The van der Waals surface area contributed by atoms with Crippen molar-refractivity contribution < 1.29 is 9.53 Å². The molecule has 0 spiro atoms. The highest BCUT2D eigenvalue weighted by Crippen LogP contribution is 2.12. The van der Waals surface area contributed by atoms with Crippen molar-refractivity contribution in [2.24, 2.45) is 0 Å². The summed E-state index contributed by atoms with van der Waals surface area (Å²) in [5.74, 6) is -0.114. The van der Waals surface area contributed by atoms with Crippen molar-refractivity contribution in [3.63, 3.8) is 0 Å². The highest BCUT2D eigenvalue weighted by Gasteiger charge is 1.94. The van der Waals surface area contributed by atoms with Crippen molar-refractivity contribution in [1.29, 1.82) is 0 Å². The van der Waals surface area contributed by atoms with Crippen LogP contribution >= 0.6 is 15.9 Å². The fraction of sp³-hybridized carbons (Fsp3) is 0.250. The summed E-state index contributed by atoms with van der Waals surface area (Å²) in [4.78, 5) is 11.3. The van der Waals surface area contributed by atoms with Gasteiger partial charge >= 0.3 is 0 Å². The van der Waals surface area contributed by atoms with Crippen molar-refractivity contribution in [1.82, 2.24) is 5.32 Å². The van der Waals surface area contributed by atoms with E-state index in [0.717, 1.165) is 10.0 Å². The SMILES string of the molecule is COCCNC(=O)/C=C/c1cccc(Br)c1. The van der Waals surface area contributed by atoms with Crippen LogP contribution in [0.1, 0.15) is 5.56 Å². The Morgan fingerprint density at radius 2 is 2.38 bits per heavy atom. The number of hydrogen-bond acceptors (Lipinski definition) is 2. The zero-order chi connectivity index (χ0) is 11.8. The molecule has 0 aliphatic rings. The summed E-state index contributed by atoms with van der Waals surface area (Å²) in [6.45, 7) is 1.05. The van der Waals surface area contributed by atoms with Gasteiger partial charge < -0.3 is 10.1 Å². The zero-order valence-corrected chi connectivity index (χ0v) is 10.7. The number of amides is 1. The monoisotopic (exact) mass is 283 g/mol. The maximum atomic E-state index is 11.3. The molecule has 0 heterocycles. The number of benzene rings is 1. The molecule has 16 heavy (non-hydrogen) atoms. The molecule has 4 heteroatoms. The first-order chi connectivity index (χ1) is 7.72. The van der Waals surface area contributed by atoms with Crippen molar-refractivity contribution in [2.75, 3.05) is 20.3 Å².